The third kappa shape index (κ3) is 4.93. The van der Waals surface area contributed by atoms with Crippen molar-refractivity contribution in [2.24, 2.45) is 0 Å². The van der Waals surface area contributed by atoms with E-state index in [1.165, 1.54) is 11.3 Å². The van der Waals surface area contributed by atoms with E-state index in [0.29, 0.717) is 50.7 Å². The van der Waals surface area contributed by atoms with Crippen LogP contribution in [0.2, 0.25) is 10.0 Å². The number of aromatic nitrogens is 2. The van der Waals surface area contributed by atoms with Gasteiger partial charge in [-0.2, -0.15) is 0 Å². The zero-order valence-corrected chi connectivity index (χ0v) is 21.0. The van der Waals surface area contributed by atoms with Gasteiger partial charge in [-0.25, -0.2) is 9.38 Å². The quantitative estimate of drug-likeness (QED) is 0.245. The highest BCUT2D eigenvalue weighted by atomic mass is 35.5. The summed E-state index contributed by atoms with van der Waals surface area (Å²) in [6.07, 6.45) is 2.44. The van der Waals surface area contributed by atoms with Crippen LogP contribution < -0.4 is 24.3 Å². The van der Waals surface area contributed by atoms with Crippen molar-refractivity contribution in [3.63, 3.8) is 0 Å². The van der Waals surface area contributed by atoms with Gasteiger partial charge < -0.3 is 14.2 Å². The highest BCUT2D eigenvalue weighted by Crippen LogP contribution is 2.36. The Hall–Kier alpha value is -3.26. The van der Waals surface area contributed by atoms with Gasteiger partial charge in [0.15, 0.2) is 16.5 Å². The third-order valence-corrected chi connectivity index (χ3v) is 6.81. The molecule has 0 N–H and O–H groups in total. The molecule has 0 amide bonds. The lowest BCUT2D eigenvalue weighted by Crippen LogP contribution is -2.22. The second kappa shape index (κ2) is 10.2. The van der Waals surface area contributed by atoms with Crippen LogP contribution in [0.25, 0.3) is 22.1 Å². The molecule has 0 fully saturated rings. The van der Waals surface area contributed by atoms with Gasteiger partial charge in [0.1, 0.15) is 5.75 Å². The van der Waals surface area contributed by atoms with Gasteiger partial charge in [-0.3, -0.25) is 4.79 Å². The fraction of sp³-hybridized carbons (Fsp3) is 0.154. The van der Waals surface area contributed by atoms with Gasteiger partial charge in [0.2, 0.25) is 0 Å². The Kier molecular flexibility index (Phi) is 6.81. The van der Waals surface area contributed by atoms with E-state index in [0.717, 1.165) is 22.3 Å². The summed E-state index contributed by atoms with van der Waals surface area (Å²) >= 11 is 13.7. The molecular weight excluding hydrogens is 507 g/mol. The fourth-order valence-corrected chi connectivity index (χ4v) is 5.07. The van der Waals surface area contributed by atoms with Crippen LogP contribution in [-0.2, 0) is 0 Å². The summed E-state index contributed by atoms with van der Waals surface area (Å²) in [5.41, 5.74) is 2.21. The molecule has 9 heteroatoms. The van der Waals surface area contributed by atoms with Gasteiger partial charge in [-0.05, 0) is 60.2 Å². The molecule has 6 nitrogen and oxygen atoms in total. The predicted molar refractivity (Wildman–Crippen MR) is 141 cm³/mol. The Morgan fingerprint density at radius 2 is 1.80 bits per heavy atom. The largest absolute Gasteiger partial charge is 0.493 e. The number of benzene rings is 3. The van der Waals surface area contributed by atoms with Crippen molar-refractivity contribution in [2.45, 2.75) is 6.42 Å². The van der Waals surface area contributed by atoms with Gasteiger partial charge in [-0.15, -0.1) is 0 Å². The number of thiazole rings is 1. The number of ether oxygens (including phenoxy) is 3. The monoisotopic (exact) mass is 526 g/mol. The molecule has 0 aliphatic heterocycles. The molecule has 0 saturated carbocycles. The molecule has 0 spiro atoms. The summed E-state index contributed by atoms with van der Waals surface area (Å²) in [6, 6.07) is 18.3. The summed E-state index contributed by atoms with van der Waals surface area (Å²) < 4.78 is 19.3. The first-order valence-corrected chi connectivity index (χ1v) is 12.4. The van der Waals surface area contributed by atoms with E-state index in [2.05, 4.69) is 4.98 Å². The third-order valence-electron chi connectivity index (χ3n) is 5.31. The smallest absolute Gasteiger partial charge is 0.274 e. The van der Waals surface area contributed by atoms with Crippen molar-refractivity contribution in [1.82, 2.24) is 9.38 Å². The van der Waals surface area contributed by atoms with Crippen LogP contribution in [0.3, 0.4) is 0 Å². The Morgan fingerprint density at radius 1 is 1.03 bits per heavy atom. The van der Waals surface area contributed by atoms with E-state index < -0.39 is 0 Å². The van der Waals surface area contributed by atoms with Crippen LogP contribution >= 0.6 is 34.5 Å². The maximum absolute atomic E-state index is 13.0. The lowest BCUT2D eigenvalue weighted by molar-refractivity contribution is 0.240. The van der Waals surface area contributed by atoms with Crippen molar-refractivity contribution < 1.29 is 14.2 Å². The summed E-state index contributed by atoms with van der Waals surface area (Å²) in [5.74, 6) is 1.69. The second-order valence-corrected chi connectivity index (χ2v) is 9.53. The normalized spacial score (nSPS) is 11.9. The Morgan fingerprint density at radius 3 is 2.60 bits per heavy atom. The minimum absolute atomic E-state index is 0.116. The van der Waals surface area contributed by atoms with Crippen LogP contribution in [0.15, 0.2) is 65.5 Å². The van der Waals surface area contributed by atoms with Crippen molar-refractivity contribution in [1.29, 1.82) is 0 Å². The SMILES string of the molecule is COc1cc(/C=c2\sc3nc4ccccc4n3c2=O)cc(Cl)c1OCCCOc1ccc(Cl)cc1. The van der Waals surface area contributed by atoms with E-state index in [1.807, 2.05) is 36.4 Å². The number of imidazole rings is 1. The van der Waals surface area contributed by atoms with Crippen LogP contribution in [0.5, 0.6) is 17.2 Å². The highest BCUT2D eigenvalue weighted by Gasteiger charge is 2.14. The van der Waals surface area contributed by atoms with Gasteiger partial charge >= 0.3 is 0 Å². The molecule has 2 heterocycles. The standard InChI is InChI=1S/C26H20Cl2N2O4S/c1-32-22-14-16(15-23-25(31)30-21-6-3-2-5-20(21)29-26(30)35-23)13-19(28)24(22)34-12-4-11-33-18-9-7-17(27)8-10-18/h2-3,5-10,13-15H,4,11-12H2,1H3/b23-15-. The Bertz CT molecular complexity index is 1610. The fourth-order valence-electron chi connectivity index (χ4n) is 3.68. The molecule has 2 aromatic heterocycles. The molecule has 0 unspecified atom stereocenters. The van der Waals surface area contributed by atoms with Gasteiger partial charge in [-0.1, -0.05) is 46.7 Å². The Labute approximate surface area is 214 Å². The maximum Gasteiger partial charge on any atom is 0.274 e. The Balaban J connectivity index is 1.32. The first-order chi connectivity index (χ1) is 17.0. The lowest BCUT2D eigenvalue weighted by Gasteiger charge is -2.13. The number of rotatable bonds is 8. The summed E-state index contributed by atoms with van der Waals surface area (Å²) in [4.78, 5) is 18.2. The van der Waals surface area contributed by atoms with E-state index in [4.69, 9.17) is 37.4 Å². The molecule has 5 rings (SSSR count). The molecule has 35 heavy (non-hydrogen) atoms. The molecule has 5 aromatic rings. The molecule has 0 aliphatic rings. The van der Waals surface area contributed by atoms with Gasteiger partial charge in [0.05, 0.1) is 40.9 Å². The number of methoxy groups -OCH3 is 1. The van der Waals surface area contributed by atoms with Crippen molar-refractivity contribution in [2.75, 3.05) is 20.3 Å². The first-order valence-electron chi connectivity index (χ1n) is 10.8. The minimum Gasteiger partial charge on any atom is -0.493 e. The topological polar surface area (TPSA) is 62.1 Å². The van der Waals surface area contributed by atoms with Crippen molar-refractivity contribution >= 4 is 56.6 Å². The van der Waals surface area contributed by atoms with Crippen LogP contribution in [0, 0.1) is 0 Å². The number of halogens is 2. The number of fused-ring (bicyclic) bond motifs is 3. The predicted octanol–water partition coefficient (Wildman–Crippen LogP) is 5.62. The summed E-state index contributed by atoms with van der Waals surface area (Å²) in [5, 5.41) is 1.06. The molecule has 0 saturated heterocycles. The van der Waals surface area contributed by atoms with Crippen LogP contribution in [-0.4, -0.2) is 29.7 Å². The van der Waals surface area contributed by atoms with E-state index in [9.17, 15) is 4.79 Å². The summed E-state index contributed by atoms with van der Waals surface area (Å²) in [7, 11) is 1.55. The second-order valence-electron chi connectivity index (χ2n) is 7.67. The average Bonchev–Trinajstić information content (AvgIpc) is 3.36. The number of hydrogen-bond donors (Lipinski definition) is 0. The van der Waals surface area contributed by atoms with E-state index >= 15 is 0 Å². The average molecular weight is 527 g/mol. The zero-order chi connectivity index (χ0) is 24.4. The number of nitrogens with zero attached hydrogens (tertiary/aromatic N) is 2. The highest BCUT2D eigenvalue weighted by molar-refractivity contribution is 7.15. The van der Waals surface area contributed by atoms with Crippen molar-refractivity contribution in [3.8, 4) is 17.2 Å². The van der Waals surface area contributed by atoms with Crippen LogP contribution in [0.1, 0.15) is 12.0 Å². The molecule has 0 aliphatic carbocycles. The minimum atomic E-state index is -0.116. The van der Waals surface area contributed by atoms with E-state index in [-0.39, 0.29) is 5.56 Å². The van der Waals surface area contributed by atoms with E-state index in [1.54, 1.807) is 41.9 Å². The molecule has 0 radical (unpaired) electrons. The summed E-state index contributed by atoms with van der Waals surface area (Å²) in [6.45, 7) is 0.876. The molecule has 0 bridgehead atoms. The van der Waals surface area contributed by atoms with Gasteiger partial charge in [0, 0.05) is 11.4 Å². The van der Waals surface area contributed by atoms with Crippen LogP contribution in [0.4, 0.5) is 0 Å². The van der Waals surface area contributed by atoms with Gasteiger partial charge in [0.25, 0.3) is 5.56 Å². The first kappa shape index (κ1) is 23.5. The number of hydrogen-bond acceptors (Lipinski definition) is 6. The van der Waals surface area contributed by atoms with Crippen molar-refractivity contribution in [3.05, 3.63) is 91.2 Å². The number of para-hydroxylation sites is 2. The lowest BCUT2D eigenvalue weighted by atomic mass is 10.2. The maximum atomic E-state index is 13.0. The molecular formula is C26H20Cl2N2O4S. The molecule has 178 valence electrons. The zero-order valence-electron chi connectivity index (χ0n) is 18.7. The molecule has 3 aromatic carbocycles. The molecule has 0 atom stereocenters.